The van der Waals surface area contributed by atoms with E-state index in [0.717, 1.165) is 22.2 Å². The Hall–Kier alpha value is -1.66. The predicted octanol–water partition coefficient (Wildman–Crippen LogP) is 3.24. The first kappa shape index (κ1) is 16.8. The van der Waals surface area contributed by atoms with E-state index in [-0.39, 0.29) is 5.91 Å². The van der Waals surface area contributed by atoms with Gasteiger partial charge in [-0.1, -0.05) is 17.8 Å². The first-order valence-electron chi connectivity index (χ1n) is 9.35. The number of carbonyl (C=O) groups excluding carboxylic acids is 1. The lowest BCUT2D eigenvalue weighted by Crippen LogP contribution is -2.50. The summed E-state index contributed by atoms with van der Waals surface area (Å²) in [6.07, 6.45) is 10.4. The van der Waals surface area contributed by atoms with Crippen LogP contribution < -0.4 is 5.32 Å². The summed E-state index contributed by atoms with van der Waals surface area (Å²) < 4.78 is 1.95. The van der Waals surface area contributed by atoms with E-state index in [1.807, 2.05) is 36.0 Å². The van der Waals surface area contributed by atoms with E-state index >= 15 is 0 Å². The van der Waals surface area contributed by atoms with E-state index in [9.17, 15) is 4.79 Å². The van der Waals surface area contributed by atoms with Gasteiger partial charge in [0, 0.05) is 25.0 Å². The van der Waals surface area contributed by atoms with Crippen molar-refractivity contribution in [1.82, 2.24) is 19.8 Å². The van der Waals surface area contributed by atoms with Crippen LogP contribution >= 0.6 is 11.3 Å². The smallest absolute Gasteiger partial charge is 0.263 e. The highest BCUT2D eigenvalue weighted by Gasteiger charge is 2.33. The zero-order valence-corrected chi connectivity index (χ0v) is 15.6. The van der Waals surface area contributed by atoms with Crippen LogP contribution in [0, 0.1) is 12.8 Å². The van der Waals surface area contributed by atoms with Crippen molar-refractivity contribution in [2.75, 3.05) is 19.6 Å². The second-order valence-electron chi connectivity index (χ2n) is 7.21. The molecule has 0 saturated carbocycles. The molecule has 2 saturated heterocycles. The summed E-state index contributed by atoms with van der Waals surface area (Å²) in [5.41, 5.74) is 0.814. The third kappa shape index (κ3) is 3.51. The Morgan fingerprint density at radius 3 is 2.88 bits per heavy atom. The van der Waals surface area contributed by atoms with Gasteiger partial charge in [-0.3, -0.25) is 4.79 Å². The number of hydrogen-bond acceptors (Lipinski definition) is 4. The van der Waals surface area contributed by atoms with Crippen LogP contribution in [-0.4, -0.2) is 46.0 Å². The molecule has 2 aromatic rings. The number of hydrogen-bond donors (Lipinski definition) is 1. The number of aryl methyl sites for hydroxylation is 1. The van der Waals surface area contributed by atoms with Crippen LogP contribution in [0.4, 0.5) is 0 Å². The summed E-state index contributed by atoms with van der Waals surface area (Å²) in [5.74, 6) is 0.622. The van der Waals surface area contributed by atoms with Crippen LogP contribution in [0.1, 0.15) is 47.5 Å². The van der Waals surface area contributed by atoms with Crippen molar-refractivity contribution in [3.63, 3.8) is 0 Å². The van der Waals surface area contributed by atoms with Crippen molar-refractivity contribution in [2.24, 2.45) is 5.92 Å². The number of fused-ring (bicyclic) bond motifs is 1. The van der Waals surface area contributed by atoms with Crippen molar-refractivity contribution in [3.05, 3.63) is 35.1 Å². The molecule has 0 aromatic carbocycles. The lowest BCUT2D eigenvalue weighted by atomic mass is 9.83. The van der Waals surface area contributed by atoms with E-state index in [2.05, 4.69) is 15.2 Å². The summed E-state index contributed by atoms with van der Waals surface area (Å²) in [4.78, 5) is 20.6. The molecule has 134 valence electrons. The van der Waals surface area contributed by atoms with Crippen molar-refractivity contribution >= 4 is 17.2 Å². The average molecular weight is 359 g/mol. The third-order valence-electron chi connectivity index (χ3n) is 5.57. The molecule has 4 rings (SSSR count). The standard InChI is InChI=1S/C19H26N4OS/c1-14-17(25-19(21-14)23-10-4-5-11-23)18(24)20-13-15-7-6-12-22-9-3-2-8-16(15)22/h4-5,10-11,15-16H,2-3,6-9,12-13H2,1H3,(H,20,24)/t15-,16+/m0/s1. The zero-order chi connectivity index (χ0) is 17.2. The molecule has 0 unspecified atom stereocenters. The molecular weight excluding hydrogens is 332 g/mol. The third-order valence-corrected chi connectivity index (χ3v) is 6.74. The van der Waals surface area contributed by atoms with Gasteiger partial charge < -0.3 is 14.8 Å². The molecule has 0 bridgehead atoms. The summed E-state index contributed by atoms with van der Waals surface area (Å²) in [6, 6.07) is 4.60. The Morgan fingerprint density at radius 1 is 1.24 bits per heavy atom. The van der Waals surface area contributed by atoms with Crippen molar-refractivity contribution in [3.8, 4) is 5.13 Å². The fourth-order valence-corrected chi connectivity index (χ4v) is 5.24. The molecule has 2 aliphatic rings. The Labute approximate surface area is 153 Å². The van der Waals surface area contributed by atoms with Gasteiger partial charge in [-0.05, 0) is 63.7 Å². The largest absolute Gasteiger partial charge is 0.351 e. The van der Waals surface area contributed by atoms with Gasteiger partial charge in [0.2, 0.25) is 0 Å². The van der Waals surface area contributed by atoms with Crippen LogP contribution in [0.3, 0.4) is 0 Å². The molecule has 2 aromatic heterocycles. The van der Waals surface area contributed by atoms with Crippen LogP contribution in [0.5, 0.6) is 0 Å². The fraction of sp³-hybridized carbons (Fsp3) is 0.579. The van der Waals surface area contributed by atoms with Crippen LogP contribution in [-0.2, 0) is 0 Å². The van der Waals surface area contributed by atoms with E-state index in [4.69, 9.17) is 0 Å². The maximum atomic E-state index is 12.7. The maximum absolute atomic E-state index is 12.7. The Balaban J connectivity index is 1.40. The number of nitrogens with zero attached hydrogens (tertiary/aromatic N) is 3. The van der Waals surface area contributed by atoms with E-state index in [0.29, 0.717) is 12.0 Å². The van der Waals surface area contributed by atoms with E-state index in [1.165, 1.54) is 56.5 Å². The summed E-state index contributed by atoms with van der Waals surface area (Å²) in [7, 11) is 0. The minimum atomic E-state index is 0.0290. The zero-order valence-electron chi connectivity index (χ0n) is 14.8. The molecule has 6 heteroatoms. The monoisotopic (exact) mass is 358 g/mol. The van der Waals surface area contributed by atoms with Gasteiger partial charge in [0.25, 0.3) is 5.91 Å². The SMILES string of the molecule is Cc1nc(-n2cccc2)sc1C(=O)NC[C@@H]1CCCN2CCCC[C@H]12. The summed E-state index contributed by atoms with van der Waals surface area (Å²) in [6.45, 7) is 5.19. The van der Waals surface area contributed by atoms with Gasteiger partial charge in [-0.25, -0.2) is 4.98 Å². The van der Waals surface area contributed by atoms with E-state index in [1.54, 1.807) is 0 Å². The maximum Gasteiger partial charge on any atom is 0.263 e. The fourth-order valence-electron chi connectivity index (χ4n) is 4.28. The number of amides is 1. The number of aromatic nitrogens is 2. The molecule has 2 atom stereocenters. The minimum absolute atomic E-state index is 0.0290. The van der Waals surface area contributed by atoms with E-state index < -0.39 is 0 Å². The van der Waals surface area contributed by atoms with Gasteiger partial charge in [0.1, 0.15) is 4.88 Å². The highest BCUT2D eigenvalue weighted by atomic mass is 32.1. The van der Waals surface area contributed by atoms with Crippen molar-refractivity contribution < 1.29 is 4.79 Å². The van der Waals surface area contributed by atoms with Gasteiger partial charge >= 0.3 is 0 Å². The number of nitrogens with one attached hydrogen (secondary N) is 1. The molecule has 5 nitrogen and oxygen atoms in total. The van der Waals surface area contributed by atoms with Gasteiger partial charge in [-0.15, -0.1) is 0 Å². The minimum Gasteiger partial charge on any atom is -0.351 e. The number of thiazole rings is 1. The van der Waals surface area contributed by atoms with Crippen molar-refractivity contribution in [2.45, 2.75) is 45.1 Å². The molecule has 4 heterocycles. The van der Waals surface area contributed by atoms with Crippen LogP contribution in [0.25, 0.3) is 5.13 Å². The lowest BCUT2D eigenvalue weighted by molar-refractivity contribution is 0.0576. The highest BCUT2D eigenvalue weighted by molar-refractivity contribution is 7.16. The van der Waals surface area contributed by atoms with Crippen LogP contribution in [0.15, 0.2) is 24.5 Å². The Morgan fingerprint density at radius 2 is 2.04 bits per heavy atom. The molecular formula is C19H26N4OS. The molecule has 0 spiro atoms. The summed E-state index contributed by atoms with van der Waals surface area (Å²) >= 11 is 1.46. The molecule has 0 radical (unpaired) electrons. The van der Waals surface area contributed by atoms with Gasteiger partial charge in [-0.2, -0.15) is 0 Å². The summed E-state index contributed by atoms with van der Waals surface area (Å²) in [5, 5.41) is 4.05. The number of piperidine rings is 2. The number of carbonyl (C=O) groups is 1. The topological polar surface area (TPSA) is 50.2 Å². The second kappa shape index (κ2) is 7.30. The Kier molecular flexibility index (Phi) is 4.90. The van der Waals surface area contributed by atoms with Crippen molar-refractivity contribution in [1.29, 1.82) is 0 Å². The van der Waals surface area contributed by atoms with Crippen LogP contribution in [0.2, 0.25) is 0 Å². The molecule has 2 aliphatic heterocycles. The van der Waals surface area contributed by atoms with Gasteiger partial charge in [0.15, 0.2) is 5.13 Å². The quantitative estimate of drug-likeness (QED) is 0.913. The molecule has 1 amide bonds. The second-order valence-corrected chi connectivity index (χ2v) is 8.19. The normalized spacial score (nSPS) is 24.0. The lowest BCUT2D eigenvalue weighted by Gasteiger charge is -2.44. The average Bonchev–Trinajstić information content (AvgIpc) is 3.29. The molecule has 1 N–H and O–H groups in total. The molecule has 2 fully saturated rings. The first-order valence-corrected chi connectivity index (χ1v) is 10.2. The molecule has 0 aliphatic carbocycles. The predicted molar refractivity (Wildman–Crippen MR) is 100 cm³/mol. The highest BCUT2D eigenvalue weighted by Crippen LogP contribution is 2.30. The van der Waals surface area contributed by atoms with Gasteiger partial charge in [0.05, 0.1) is 5.69 Å². The molecule has 25 heavy (non-hydrogen) atoms. The number of rotatable bonds is 4. The Bertz CT molecular complexity index is 722. The first-order chi connectivity index (χ1) is 12.2.